The summed E-state index contributed by atoms with van der Waals surface area (Å²) in [6.07, 6.45) is 9.00. The summed E-state index contributed by atoms with van der Waals surface area (Å²) >= 11 is 0. The highest BCUT2D eigenvalue weighted by Crippen LogP contribution is 2.48. The molecule has 1 saturated carbocycles. The van der Waals surface area contributed by atoms with E-state index in [1.807, 2.05) is 6.20 Å². The summed E-state index contributed by atoms with van der Waals surface area (Å²) in [5.41, 5.74) is 0.514. The molecule has 0 aromatic carbocycles. The van der Waals surface area contributed by atoms with Gasteiger partial charge in [0.25, 0.3) is 0 Å². The van der Waals surface area contributed by atoms with E-state index in [1.54, 1.807) is 0 Å². The van der Waals surface area contributed by atoms with Crippen molar-refractivity contribution in [3.63, 3.8) is 0 Å². The van der Waals surface area contributed by atoms with Crippen LogP contribution in [-0.4, -0.2) is 22.1 Å². The molecule has 0 spiro atoms. The highest BCUT2D eigenvalue weighted by atomic mass is 15.1. The van der Waals surface area contributed by atoms with Gasteiger partial charge in [-0.2, -0.15) is 0 Å². The van der Waals surface area contributed by atoms with Gasteiger partial charge in [0.15, 0.2) is 0 Å². The largest absolute Gasteiger partial charge is 0.335 e. The lowest BCUT2D eigenvalue weighted by atomic mass is 9.95. The third-order valence-corrected chi connectivity index (χ3v) is 4.05. The predicted octanol–water partition coefficient (Wildman–Crippen LogP) is 2.61. The van der Waals surface area contributed by atoms with Crippen molar-refractivity contribution in [2.75, 3.05) is 6.54 Å². The van der Waals surface area contributed by atoms with Crippen molar-refractivity contribution in [3.8, 4) is 0 Å². The van der Waals surface area contributed by atoms with Gasteiger partial charge in [0.2, 0.25) is 0 Å². The minimum absolute atomic E-state index is 0.514. The van der Waals surface area contributed by atoms with Gasteiger partial charge in [-0.1, -0.05) is 13.8 Å². The van der Waals surface area contributed by atoms with Crippen molar-refractivity contribution in [2.24, 2.45) is 5.41 Å². The van der Waals surface area contributed by atoms with Gasteiger partial charge in [0.1, 0.15) is 5.82 Å². The Hall–Kier alpha value is -0.830. The Morgan fingerprint density at radius 1 is 1.47 bits per heavy atom. The molecule has 1 heterocycles. The Balaban J connectivity index is 2.02. The van der Waals surface area contributed by atoms with Crippen LogP contribution in [0.15, 0.2) is 12.4 Å². The molecule has 1 aliphatic rings. The molecule has 1 aliphatic carbocycles. The molecule has 3 nitrogen and oxygen atoms in total. The van der Waals surface area contributed by atoms with Gasteiger partial charge >= 0.3 is 0 Å². The molecule has 1 aromatic heterocycles. The Morgan fingerprint density at radius 3 is 2.82 bits per heavy atom. The standard InChI is InChI=1S/C14H25N3/c1-4-8-15-12(14(3)6-7-14)11-13-16-9-10-17(13)5-2/h9-10,12,15H,4-8,11H2,1-3H3. The minimum atomic E-state index is 0.514. The molecular weight excluding hydrogens is 210 g/mol. The number of aryl methyl sites for hydroxylation is 1. The van der Waals surface area contributed by atoms with E-state index >= 15 is 0 Å². The molecule has 1 unspecified atom stereocenters. The number of imidazole rings is 1. The van der Waals surface area contributed by atoms with Gasteiger partial charge in [-0.3, -0.25) is 0 Å². The minimum Gasteiger partial charge on any atom is -0.335 e. The summed E-state index contributed by atoms with van der Waals surface area (Å²) in [7, 11) is 0. The molecule has 1 fully saturated rings. The quantitative estimate of drug-likeness (QED) is 0.787. The fourth-order valence-corrected chi connectivity index (χ4v) is 2.43. The number of nitrogens with zero attached hydrogens (tertiary/aromatic N) is 2. The Kier molecular flexibility index (Phi) is 3.87. The number of rotatable bonds is 7. The smallest absolute Gasteiger partial charge is 0.110 e. The van der Waals surface area contributed by atoms with E-state index in [9.17, 15) is 0 Å². The third-order valence-electron chi connectivity index (χ3n) is 4.05. The van der Waals surface area contributed by atoms with Crippen molar-refractivity contribution < 1.29 is 0 Å². The molecule has 96 valence electrons. The van der Waals surface area contributed by atoms with Gasteiger partial charge in [0.05, 0.1) is 0 Å². The van der Waals surface area contributed by atoms with Crippen molar-refractivity contribution in [2.45, 2.75) is 59.0 Å². The topological polar surface area (TPSA) is 29.9 Å². The molecule has 0 aliphatic heterocycles. The van der Waals surface area contributed by atoms with Gasteiger partial charge in [-0.25, -0.2) is 4.98 Å². The van der Waals surface area contributed by atoms with Crippen LogP contribution in [0.1, 0.15) is 45.9 Å². The number of hydrogen-bond donors (Lipinski definition) is 1. The van der Waals surface area contributed by atoms with Crippen LogP contribution in [0.5, 0.6) is 0 Å². The first-order valence-electron chi connectivity index (χ1n) is 6.93. The van der Waals surface area contributed by atoms with Crippen molar-refractivity contribution in [3.05, 3.63) is 18.2 Å². The summed E-state index contributed by atoms with van der Waals surface area (Å²) < 4.78 is 2.26. The van der Waals surface area contributed by atoms with E-state index in [1.165, 1.54) is 25.1 Å². The average Bonchev–Trinajstić information content (AvgIpc) is 2.93. The molecule has 1 aromatic rings. The van der Waals surface area contributed by atoms with Crippen LogP contribution in [0.2, 0.25) is 0 Å². The molecule has 0 radical (unpaired) electrons. The predicted molar refractivity (Wildman–Crippen MR) is 71.0 cm³/mol. The summed E-state index contributed by atoms with van der Waals surface area (Å²) in [5.74, 6) is 1.23. The SMILES string of the molecule is CCCNC(Cc1nccn1CC)C1(C)CC1. The molecule has 1 atom stereocenters. The lowest BCUT2D eigenvalue weighted by Crippen LogP contribution is -2.39. The van der Waals surface area contributed by atoms with Crippen LogP contribution in [0.4, 0.5) is 0 Å². The fraction of sp³-hybridized carbons (Fsp3) is 0.786. The van der Waals surface area contributed by atoms with Gasteiger partial charge in [-0.05, 0) is 38.1 Å². The van der Waals surface area contributed by atoms with E-state index in [-0.39, 0.29) is 0 Å². The van der Waals surface area contributed by atoms with E-state index in [0.717, 1.165) is 19.5 Å². The fourth-order valence-electron chi connectivity index (χ4n) is 2.43. The Bertz CT molecular complexity index is 352. The highest BCUT2D eigenvalue weighted by molar-refractivity contribution is 5.05. The maximum atomic E-state index is 4.50. The molecule has 3 heteroatoms. The molecule has 0 bridgehead atoms. The van der Waals surface area contributed by atoms with E-state index < -0.39 is 0 Å². The first kappa shape index (κ1) is 12.6. The highest BCUT2D eigenvalue weighted by Gasteiger charge is 2.44. The maximum Gasteiger partial charge on any atom is 0.110 e. The third kappa shape index (κ3) is 2.89. The number of hydrogen-bond acceptors (Lipinski definition) is 2. The van der Waals surface area contributed by atoms with Gasteiger partial charge in [-0.15, -0.1) is 0 Å². The summed E-state index contributed by atoms with van der Waals surface area (Å²) in [6, 6.07) is 0.593. The zero-order chi connectivity index (χ0) is 12.3. The van der Waals surface area contributed by atoms with E-state index in [4.69, 9.17) is 0 Å². The summed E-state index contributed by atoms with van der Waals surface area (Å²) in [5, 5.41) is 3.71. The monoisotopic (exact) mass is 235 g/mol. The van der Waals surface area contributed by atoms with Crippen molar-refractivity contribution in [1.29, 1.82) is 0 Å². The first-order valence-corrected chi connectivity index (χ1v) is 6.93. The average molecular weight is 235 g/mol. The van der Waals surface area contributed by atoms with E-state index in [0.29, 0.717) is 11.5 Å². The first-order chi connectivity index (χ1) is 8.19. The second-order valence-corrected chi connectivity index (χ2v) is 5.49. The number of aromatic nitrogens is 2. The Morgan fingerprint density at radius 2 is 2.24 bits per heavy atom. The van der Waals surface area contributed by atoms with Crippen LogP contribution in [-0.2, 0) is 13.0 Å². The summed E-state index contributed by atoms with van der Waals surface area (Å²) in [4.78, 5) is 4.50. The van der Waals surface area contributed by atoms with Crippen LogP contribution in [0.3, 0.4) is 0 Å². The zero-order valence-corrected chi connectivity index (χ0v) is 11.4. The molecule has 0 amide bonds. The van der Waals surface area contributed by atoms with Crippen LogP contribution < -0.4 is 5.32 Å². The normalized spacial score (nSPS) is 19.2. The lowest BCUT2D eigenvalue weighted by molar-refractivity contribution is 0.346. The van der Waals surface area contributed by atoms with Gasteiger partial charge in [0, 0.05) is 31.4 Å². The second-order valence-electron chi connectivity index (χ2n) is 5.49. The van der Waals surface area contributed by atoms with Gasteiger partial charge < -0.3 is 9.88 Å². The lowest BCUT2D eigenvalue weighted by Gasteiger charge is -2.25. The van der Waals surface area contributed by atoms with Crippen LogP contribution in [0.25, 0.3) is 0 Å². The summed E-state index contributed by atoms with van der Waals surface area (Å²) in [6.45, 7) is 8.95. The molecule has 0 saturated heterocycles. The maximum absolute atomic E-state index is 4.50. The molecular formula is C14H25N3. The van der Waals surface area contributed by atoms with Crippen molar-refractivity contribution >= 4 is 0 Å². The van der Waals surface area contributed by atoms with Crippen molar-refractivity contribution in [1.82, 2.24) is 14.9 Å². The second kappa shape index (κ2) is 5.21. The molecule has 1 N–H and O–H groups in total. The molecule has 17 heavy (non-hydrogen) atoms. The number of nitrogens with one attached hydrogen (secondary N) is 1. The zero-order valence-electron chi connectivity index (χ0n) is 11.4. The Labute approximate surface area is 105 Å². The van der Waals surface area contributed by atoms with E-state index in [2.05, 4.69) is 41.8 Å². The molecule has 2 rings (SSSR count). The van der Waals surface area contributed by atoms with Crippen LogP contribution in [0, 0.1) is 5.41 Å². The van der Waals surface area contributed by atoms with Crippen LogP contribution >= 0.6 is 0 Å².